The molecule has 1 rings (SSSR count). The number of hydrogen-bond acceptors (Lipinski definition) is 1. The largest absolute Gasteiger partial charge is 0.312 e. The Labute approximate surface area is 98.1 Å². The van der Waals surface area contributed by atoms with Crippen LogP contribution in [0.1, 0.15) is 37.8 Å². The third kappa shape index (κ3) is 3.93. The van der Waals surface area contributed by atoms with Gasteiger partial charge in [-0.05, 0) is 42.6 Å². The Hall–Kier alpha value is -0.890. The molecule has 0 radical (unpaired) electrons. The summed E-state index contributed by atoms with van der Waals surface area (Å²) in [6, 6.07) is 4.97. The Morgan fingerprint density at radius 3 is 2.56 bits per heavy atom. The van der Waals surface area contributed by atoms with Crippen LogP contribution in [0.25, 0.3) is 0 Å². The minimum absolute atomic E-state index is 0.148. The van der Waals surface area contributed by atoms with E-state index in [-0.39, 0.29) is 5.82 Å². The molecule has 1 aromatic rings. The van der Waals surface area contributed by atoms with Crippen LogP contribution in [-0.2, 0) is 6.54 Å². The van der Waals surface area contributed by atoms with Crippen LogP contribution in [0.3, 0.4) is 0 Å². The van der Waals surface area contributed by atoms with Crippen LogP contribution in [0.15, 0.2) is 18.2 Å². The fourth-order valence-electron chi connectivity index (χ4n) is 1.82. The van der Waals surface area contributed by atoms with Gasteiger partial charge in [0.1, 0.15) is 5.82 Å². The van der Waals surface area contributed by atoms with Gasteiger partial charge in [0.2, 0.25) is 0 Å². The highest BCUT2D eigenvalue weighted by Crippen LogP contribution is 2.11. The Balaban J connectivity index is 2.45. The molecule has 2 heteroatoms. The summed E-state index contributed by atoms with van der Waals surface area (Å²) >= 11 is 0. The van der Waals surface area contributed by atoms with Gasteiger partial charge in [-0.25, -0.2) is 4.39 Å². The molecule has 0 unspecified atom stereocenters. The topological polar surface area (TPSA) is 12.0 Å². The Morgan fingerprint density at radius 2 is 1.94 bits per heavy atom. The third-order valence-corrected chi connectivity index (χ3v) is 3.21. The van der Waals surface area contributed by atoms with Crippen LogP contribution < -0.4 is 5.32 Å². The van der Waals surface area contributed by atoms with Gasteiger partial charge in [0, 0.05) is 6.54 Å². The van der Waals surface area contributed by atoms with Gasteiger partial charge in [-0.3, -0.25) is 0 Å². The number of halogens is 1. The third-order valence-electron chi connectivity index (χ3n) is 3.21. The van der Waals surface area contributed by atoms with E-state index in [1.54, 1.807) is 6.07 Å². The van der Waals surface area contributed by atoms with Crippen molar-refractivity contribution in [3.05, 3.63) is 35.1 Å². The zero-order valence-corrected chi connectivity index (χ0v) is 10.5. The molecule has 0 amide bonds. The molecule has 0 fully saturated rings. The normalized spacial score (nSPS) is 11.1. The highest BCUT2D eigenvalue weighted by molar-refractivity contribution is 5.26. The summed E-state index contributed by atoms with van der Waals surface area (Å²) in [7, 11) is 0. The molecule has 1 nitrogen and oxygen atoms in total. The molecule has 0 aromatic heterocycles. The molecular formula is C14H22FN. The number of nitrogens with one attached hydrogen (secondary N) is 1. The van der Waals surface area contributed by atoms with E-state index in [1.807, 2.05) is 13.0 Å². The minimum atomic E-state index is -0.148. The standard InChI is InChI=1S/C14H22FN/c1-4-12(5-2)9-16-10-13-8-14(15)7-6-11(13)3/h6-8,12,16H,4-5,9-10H2,1-3H3. The van der Waals surface area contributed by atoms with Crippen molar-refractivity contribution >= 4 is 0 Å². The van der Waals surface area contributed by atoms with Crippen molar-refractivity contribution in [2.75, 3.05) is 6.54 Å². The lowest BCUT2D eigenvalue weighted by atomic mass is 10.0. The maximum Gasteiger partial charge on any atom is 0.123 e. The average molecular weight is 223 g/mol. The second-order valence-electron chi connectivity index (χ2n) is 4.38. The molecule has 16 heavy (non-hydrogen) atoms. The summed E-state index contributed by atoms with van der Waals surface area (Å²) in [6.07, 6.45) is 2.40. The second-order valence-corrected chi connectivity index (χ2v) is 4.38. The molecule has 1 N–H and O–H groups in total. The SMILES string of the molecule is CCC(CC)CNCc1cc(F)ccc1C. The first-order chi connectivity index (χ1) is 7.67. The van der Waals surface area contributed by atoms with Crippen LogP contribution >= 0.6 is 0 Å². The summed E-state index contributed by atoms with van der Waals surface area (Å²) in [5.41, 5.74) is 2.21. The zero-order valence-electron chi connectivity index (χ0n) is 10.5. The van der Waals surface area contributed by atoms with E-state index in [9.17, 15) is 4.39 Å². The summed E-state index contributed by atoms with van der Waals surface area (Å²) in [5, 5.41) is 3.40. The van der Waals surface area contributed by atoms with Crippen molar-refractivity contribution in [1.82, 2.24) is 5.32 Å². The minimum Gasteiger partial charge on any atom is -0.312 e. The van der Waals surface area contributed by atoms with Crippen molar-refractivity contribution in [2.45, 2.75) is 40.2 Å². The highest BCUT2D eigenvalue weighted by Gasteiger charge is 2.04. The predicted octanol–water partition coefficient (Wildman–Crippen LogP) is 3.66. The van der Waals surface area contributed by atoms with Gasteiger partial charge < -0.3 is 5.32 Å². The Bertz CT molecular complexity index is 319. The van der Waals surface area contributed by atoms with E-state index in [0.29, 0.717) is 0 Å². The number of aryl methyl sites for hydroxylation is 1. The van der Waals surface area contributed by atoms with E-state index in [2.05, 4.69) is 19.2 Å². The van der Waals surface area contributed by atoms with E-state index in [4.69, 9.17) is 0 Å². The zero-order chi connectivity index (χ0) is 12.0. The quantitative estimate of drug-likeness (QED) is 0.776. The first-order valence-electron chi connectivity index (χ1n) is 6.13. The van der Waals surface area contributed by atoms with Gasteiger partial charge in [-0.1, -0.05) is 32.8 Å². The van der Waals surface area contributed by atoms with Crippen LogP contribution in [0.4, 0.5) is 4.39 Å². The number of benzene rings is 1. The molecule has 1 aromatic carbocycles. The Kier molecular flexibility index (Phi) is 5.47. The van der Waals surface area contributed by atoms with Crippen LogP contribution in [0.2, 0.25) is 0 Å². The molecule has 0 aliphatic heterocycles. The summed E-state index contributed by atoms with van der Waals surface area (Å²) in [6.45, 7) is 8.23. The van der Waals surface area contributed by atoms with Gasteiger partial charge in [-0.2, -0.15) is 0 Å². The summed E-state index contributed by atoms with van der Waals surface area (Å²) < 4.78 is 13.0. The van der Waals surface area contributed by atoms with Crippen LogP contribution in [-0.4, -0.2) is 6.54 Å². The van der Waals surface area contributed by atoms with E-state index in [1.165, 1.54) is 18.9 Å². The lowest BCUT2D eigenvalue weighted by Crippen LogP contribution is -2.22. The summed E-state index contributed by atoms with van der Waals surface area (Å²) in [4.78, 5) is 0. The molecule has 0 bridgehead atoms. The fraction of sp³-hybridized carbons (Fsp3) is 0.571. The predicted molar refractivity (Wildman–Crippen MR) is 66.9 cm³/mol. The van der Waals surface area contributed by atoms with Crippen molar-refractivity contribution in [3.8, 4) is 0 Å². The molecular weight excluding hydrogens is 201 g/mol. The maximum atomic E-state index is 13.0. The van der Waals surface area contributed by atoms with E-state index >= 15 is 0 Å². The maximum absolute atomic E-state index is 13.0. The first-order valence-corrected chi connectivity index (χ1v) is 6.13. The number of rotatable bonds is 6. The van der Waals surface area contributed by atoms with Crippen molar-refractivity contribution < 1.29 is 4.39 Å². The molecule has 0 heterocycles. The van der Waals surface area contributed by atoms with Gasteiger partial charge in [0.15, 0.2) is 0 Å². The van der Waals surface area contributed by atoms with Crippen LogP contribution in [0, 0.1) is 18.7 Å². The first kappa shape index (κ1) is 13.2. The van der Waals surface area contributed by atoms with Gasteiger partial charge in [0.25, 0.3) is 0 Å². The smallest absolute Gasteiger partial charge is 0.123 e. The molecule has 0 saturated carbocycles. The monoisotopic (exact) mass is 223 g/mol. The van der Waals surface area contributed by atoms with Gasteiger partial charge >= 0.3 is 0 Å². The molecule has 0 saturated heterocycles. The van der Waals surface area contributed by atoms with E-state index < -0.39 is 0 Å². The molecule has 90 valence electrons. The van der Waals surface area contributed by atoms with Crippen molar-refractivity contribution in [2.24, 2.45) is 5.92 Å². The second kappa shape index (κ2) is 6.64. The summed E-state index contributed by atoms with van der Waals surface area (Å²) in [5.74, 6) is 0.582. The highest BCUT2D eigenvalue weighted by atomic mass is 19.1. The molecule has 0 aliphatic carbocycles. The van der Waals surface area contributed by atoms with E-state index in [0.717, 1.165) is 30.1 Å². The number of hydrogen-bond donors (Lipinski definition) is 1. The van der Waals surface area contributed by atoms with Gasteiger partial charge in [0.05, 0.1) is 0 Å². The van der Waals surface area contributed by atoms with Crippen molar-refractivity contribution in [1.29, 1.82) is 0 Å². The molecule has 0 aliphatic rings. The lowest BCUT2D eigenvalue weighted by molar-refractivity contribution is 0.449. The average Bonchev–Trinajstić information content (AvgIpc) is 2.29. The van der Waals surface area contributed by atoms with Crippen LogP contribution in [0.5, 0.6) is 0 Å². The lowest BCUT2D eigenvalue weighted by Gasteiger charge is -2.14. The Morgan fingerprint density at radius 1 is 1.25 bits per heavy atom. The van der Waals surface area contributed by atoms with Gasteiger partial charge in [-0.15, -0.1) is 0 Å². The van der Waals surface area contributed by atoms with Crippen molar-refractivity contribution in [3.63, 3.8) is 0 Å². The fourth-order valence-corrected chi connectivity index (χ4v) is 1.82. The molecule has 0 atom stereocenters. The molecule has 0 spiro atoms.